The molecule has 1 amide bonds. The Labute approximate surface area is 180 Å². The van der Waals surface area contributed by atoms with Gasteiger partial charge in [-0.1, -0.05) is 31.4 Å². The van der Waals surface area contributed by atoms with Crippen LogP contribution in [0.2, 0.25) is 0 Å². The van der Waals surface area contributed by atoms with Gasteiger partial charge in [0, 0.05) is 32.1 Å². The maximum atomic E-state index is 12.9. The molecule has 7 heteroatoms. The van der Waals surface area contributed by atoms with Gasteiger partial charge in [0.25, 0.3) is 0 Å². The molecular formula is C23H35N3O3S. The van der Waals surface area contributed by atoms with Gasteiger partial charge >= 0.3 is 0 Å². The number of piperazine rings is 1. The van der Waals surface area contributed by atoms with Gasteiger partial charge in [0.15, 0.2) is 9.84 Å². The number of amides is 1. The van der Waals surface area contributed by atoms with Crippen LogP contribution < -0.4 is 5.32 Å². The molecule has 0 radical (unpaired) electrons. The van der Waals surface area contributed by atoms with E-state index in [0.29, 0.717) is 37.0 Å². The molecule has 2 heterocycles. The average Bonchev–Trinajstić information content (AvgIpc) is 2.80. The molecule has 3 aliphatic rings. The summed E-state index contributed by atoms with van der Waals surface area (Å²) in [5.74, 6) is 0.994. The fourth-order valence-corrected chi connectivity index (χ4v) is 6.56. The molecule has 2 saturated heterocycles. The van der Waals surface area contributed by atoms with Crippen LogP contribution in [-0.4, -0.2) is 69.3 Å². The first-order valence-corrected chi connectivity index (χ1v) is 13.2. The lowest BCUT2D eigenvalue weighted by Gasteiger charge is -2.37. The summed E-state index contributed by atoms with van der Waals surface area (Å²) in [6.07, 6.45) is 8.11. The quantitative estimate of drug-likeness (QED) is 0.773. The van der Waals surface area contributed by atoms with Crippen LogP contribution in [0.4, 0.5) is 0 Å². The van der Waals surface area contributed by atoms with Gasteiger partial charge < -0.3 is 10.2 Å². The molecule has 6 nitrogen and oxygen atoms in total. The minimum absolute atomic E-state index is 0.0329. The van der Waals surface area contributed by atoms with Gasteiger partial charge in [-0.15, -0.1) is 0 Å². The fourth-order valence-electron chi connectivity index (χ4n) is 5.12. The van der Waals surface area contributed by atoms with E-state index >= 15 is 0 Å². The van der Waals surface area contributed by atoms with Crippen molar-refractivity contribution < 1.29 is 13.2 Å². The van der Waals surface area contributed by atoms with Crippen LogP contribution in [0.5, 0.6) is 0 Å². The Morgan fingerprint density at radius 3 is 2.17 bits per heavy atom. The zero-order valence-electron chi connectivity index (χ0n) is 17.9. The normalized spacial score (nSPS) is 22.9. The Bertz CT molecular complexity index is 805. The van der Waals surface area contributed by atoms with Crippen molar-refractivity contribution >= 4 is 15.7 Å². The molecule has 0 atom stereocenters. The van der Waals surface area contributed by atoms with Gasteiger partial charge in [0.1, 0.15) is 5.88 Å². The highest BCUT2D eigenvalue weighted by atomic mass is 32.2. The molecule has 1 aliphatic carbocycles. The molecule has 0 unspecified atom stereocenters. The highest BCUT2D eigenvalue weighted by Crippen LogP contribution is 2.33. The Balaban J connectivity index is 1.30. The molecule has 0 aromatic heterocycles. The fraction of sp³-hybridized carbons (Fsp3) is 0.696. The highest BCUT2D eigenvalue weighted by molar-refractivity contribution is 7.91. The Hall–Kier alpha value is -1.44. The lowest BCUT2D eigenvalue weighted by molar-refractivity contribution is -0.138. The van der Waals surface area contributed by atoms with Crippen LogP contribution in [0.3, 0.4) is 0 Å². The van der Waals surface area contributed by atoms with E-state index < -0.39 is 9.84 Å². The second-order valence-corrected chi connectivity index (χ2v) is 11.1. The summed E-state index contributed by atoms with van der Waals surface area (Å²) in [5.41, 5.74) is 1.28. The van der Waals surface area contributed by atoms with E-state index in [0.717, 1.165) is 25.9 Å². The highest BCUT2D eigenvalue weighted by Gasteiger charge is 2.30. The van der Waals surface area contributed by atoms with E-state index in [1.165, 1.54) is 37.7 Å². The van der Waals surface area contributed by atoms with Gasteiger partial charge in [-0.25, -0.2) is 8.42 Å². The molecule has 0 spiro atoms. The summed E-state index contributed by atoms with van der Waals surface area (Å²) < 4.78 is 25.8. The van der Waals surface area contributed by atoms with Gasteiger partial charge in [0.2, 0.25) is 5.91 Å². The molecule has 0 bridgehead atoms. The zero-order valence-corrected chi connectivity index (χ0v) is 18.7. The minimum Gasteiger partial charge on any atom is -0.340 e. The van der Waals surface area contributed by atoms with Crippen molar-refractivity contribution in [1.82, 2.24) is 15.1 Å². The number of nitrogens with zero attached hydrogens (tertiary/aromatic N) is 2. The first-order valence-electron chi connectivity index (χ1n) is 11.6. The molecule has 1 aromatic rings. The van der Waals surface area contributed by atoms with Crippen LogP contribution in [0.15, 0.2) is 29.2 Å². The van der Waals surface area contributed by atoms with Crippen LogP contribution in [0.1, 0.15) is 56.4 Å². The van der Waals surface area contributed by atoms with Gasteiger partial charge in [-0.2, -0.15) is 0 Å². The van der Waals surface area contributed by atoms with Crippen molar-refractivity contribution in [3.63, 3.8) is 0 Å². The van der Waals surface area contributed by atoms with Crippen LogP contribution >= 0.6 is 0 Å². The maximum absolute atomic E-state index is 12.9. The third kappa shape index (κ3) is 5.24. The summed E-state index contributed by atoms with van der Waals surface area (Å²) in [5, 5.41) is 3.30. The molecule has 3 fully saturated rings. The Kier molecular flexibility index (Phi) is 7.11. The second kappa shape index (κ2) is 9.79. The summed E-state index contributed by atoms with van der Waals surface area (Å²) in [6, 6.07) is 7.60. The van der Waals surface area contributed by atoms with E-state index in [9.17, 15) is 13.2 Å². The smallest absolute Gasteiger partial charge is 0.225 e. The van der Waals surface area contributed by atoms with E-state index in [4.69, 9.17) is 0 Å². The summed E-state index contributed by atoms with van der Waals surface area (Å²) in [4.78, 5) is 17.0. The number of piperidine rings is 1. The van der Waals surface area contributed by atoms with Gasteiger partial charge in [-0.05, 0) is 62.4 Å². The molecule has 1 N–H and O–H groups in total. The van der Waals surface area contributed by atoms with Crippen molar-refractivity contribution in [2.75, 3.05) is 45.1 Å². The molecule has 30 heavy (non-hydrogen) atoms. The molecule has 166 valence electrons. The lowest BCUT2D eigenvalue weighted by atomic mass is 9.84. The maximum Gasteiger partial charge on any atom is 0.225 e. The minimum atomic E-state index is -3.35. The predicted octanol–water partition coefficient (Wildman–Crippen LogP) is 2.61. The number of nitrogens with one attached hydrogen (secondary N) is 1. The van der Waals surface area contributed by atoms with Gasteiger partial charge in [0.05, 0.1) is 4.90 Å². The number of carbonyl (C=O) groups excluding carboxylic acids is 1. The molecule has 2 aliphatic heterocycles. The van der Waals surface area contributed by atoms with E-state index in [1.807, 2.05) is 21.9 Å². The third-order valence-corrected chi connectivity index (χ3v) is 8.74. The number of sulfone groups is 1. The number of carbonyl (C=O) groups is 1. The summed E-state index contributed by atoms with van der Waals surface area (Å²) >= 11 is 0. The molecular weight excluding hydrogens is 398 g/mol. The number of hydrogen-bond donors (Lipinski definition) is 1. The summed E-state index contributed by atoms with van der Waals surface area (Å²) in [6.45, 7) is 4.31. The van der Waals surface area contributed by atoms with E-state index in [1.54, 1.807) is 12.1 Å². The van der Waals surface area contributed by atoms with E-state index in [2.05, 4.69) is 5.32 Å². The molecule has 4 rings (SSSR count). The number of rotatable bonds is 5. The largest absolute Gasteiger partial charge is 0.340 e. The van der Waals surface area contributed by atoms with Gasteiger partial charge in [-0.3, -0.25) is 9.69 Å². The van der Waals surface area contributed by atoms with Crippen molar-refractivity contribution in [2.45, 2.75) is 55.8 Å². The molecule has 1 saturated carbocycles. The monoisotopic (exact) mass is 433 g/mol. The molecule has 1 aromatic carbocycles. The van der Waals surface area contributed by atoms with Crippen LogP contribution in [-0.2, 0) is 14.6 Å². The van der Waals surface area contributed by atoms with Crippen molar-refractivity contribution in [1.29, 1.82) is 0 Å². The summed E-state index contributed by atoms with van der Waals surface area (Å²) in [7, 11) is -3.35. The third-order valence-electron chi connectivity index (χ3n) is 7.04. The average molecular weight is 434 g/mol. The Morgan fingerprint density at radius 2 is 1.53 bits per heavy atom. The Morgan fingerprint density at radius 1 is 0.900 bits per heavy atom. The first-order chi connectivity index (χ1) is 14.5. The number of benzene rings is 1. The van der Waals surface area contributed by atoms with E-state index in [-0.39, 0.29) is 17.7 Å². The lowest BCUT2D eigenvalue weighted by Crippen LogP contribution is -2.52. The SMILES string of the molecule is O=C(C1CCNCC1)N1CCN(CS(=O)(=O)c2ccc(C3CCCCC3)cc2)CC1. The van der Waals surface area contributed by atoms with Crippen molar-refractivity contribution in [2.24, 2.45) is 5.92 Å². The van der Waals surface area contributed by atoms with Crippen LogP contribution in [0.25, 0.3) is 0 Å². The van der Waals surface area contributed by atoms with Crippen molar-refractivity contribution in [3.8, 4) is 0 Å². The predicted molar refractivity (Wildman–Crippen MR) is 118 cm³/mol. The van der Waals surface area contributed by atoms with Crippen LogP contribution in [0, 0.1) is 5.92 Å². The first kappa shape index (κ1) is 21.8. The topological polar surface area (TPSA) is 69.7 Å². The second-order valence-electron chi connectivity index (χ2n) is 9.12. The standard InChI is InChI=1S/C23H35N3O3S/c27-23(21-10-12-24-13-11-21)26-16-14-25(15-17-26)18-30(28,29)22-8-6-20(7-9-22)19-4-2-1-3-5-19/h6-9,19,21,24H,1-5,10-18H2. The zero-order chi connectivity index (χ0) is 21.0. The number of hydrogen-bond acceptors (Lipinski definition) is 5. The van der Waals surface area contributed by atoms with Crippen molar-refractivity contribution in [3.05, 3.63) is 29.8 Å².